The molecule has 0 aromatic heterocycles. The molecule has 0 saturated carbocycles. The summed E-state index contributed by atoms with van der Waals surface area (Å²) in [5.41, 5.74) is 7.31. The third-order valence-corrected chi connectivity index (χ3v) is 5.11. The summed E-state index contributed by atoms with van der Waals surface area (Å²) in [5.74, 6) is 0.0184. The van der Waals surface area contributed by atoms with Crippen LogP contribution >= 0.6 is 0 Å². The zero-order valence-corrected chi connectivity index (χ0v) is 13.2. The van der Waals surface area contributed by atoms with Gasteiger partial charge < -0.3 is 10.6 Å². The number of likely N-dealkylation sites (tertiary alicyclic amines) is 1. The minimum Gasteiger partial charge on any atom is -0.326 e. The number of nitrogens with two attached hydrogens (primary N) is 1. The van der Waals surface area contributed by atoms with Gasteiger partial charge in [0.2, 0.25) is 10.0 Å². The minimum atomic E-state index is -3.26. The summed E-state index contributed by atoms with van der Waals surface area (Å²) in [6.45, 7) is 4.22. The molecule has 1 aliphatic heterocycles. The molecule has 1 aromatic carbocycles. The Morgan fingerprint density at radius 2 is 1.90 bits per heavy atom. The van der Waals surface area contributed by atoms with Gasteiger partial charge in [0.15, 0.2) is 0 Å². The third kappa shape index (κ3) is 5.74. The minimum absolute atomic E-state index is 0.0184. The second-order valence-electron chi connectivity index (χ2n) is 5.58. The Kier molecular flexibility index (Phi) is 6.17. The predicted octanol–water partition coefficient (Wildman–Crippen LogP) is 1.05. The predicted molar refractivity (Wildman–Crippen MR) is 85.3 cm³/mol. The maximum atomic E-state index is 12.0. The molecule has 0 amide bonds. The Morgan fingerprint density at radius 1 is 1.19 bits per heavy atom. The smallest absolute Gasteiger partial charge is 0.215 e. The number of nitrogens with zero attached hydrogens (tertiary/aromatic N) is 1. The van der Waals surface area contributed by atoms with E-state index in [2.05, 4.69) is 9.62 Å². The van der Waals surface area contributed by atoms with E-state index in [0.717, 1.165) is 37.2 Å². The van der Waals surface area contributed by atoms with Crippen LogP contribution in [0.25, 0.3) is 0 Å². The fourth-order valence-corrected chi connectivity index (χ4v) is 3.83. The lowest BCUT2D eigenvalue weighted by Gasteiger charge is -2.14. The lowest BCUT2D eigenvalue weighted by atomic mass is 10.1. The van der Waals surface area contributed by atoms with Crippen molar-refractivity contribution in [2.45, 2.75) is 31.6 Å². The van der Waals surface area contributed by atoms with Gasteiger partial charge in [-0.3, -0.25) is 0 Å². The molecule has 3 N–H and O–H groups in total. The van der Waals surface area contributed by atoms with Crippen LogP contribution in [0.4, 0.5) is 0 Å². The van der Waals surface area contributed by atoms with Crippen molar-refractivity contribution in [3.05, 3.63) is 35.4 Å². The van der Waals surface area contributed by atoms with Crippen LogP contribution in [0.1, 0.15) is 30.4 Å². The van der Waals surface area contributed by atoms with E-state index < -0.39 is 10.0 Å². The Morgan fingerprint density at radius 3 is 2.62 bits per heavy atom. The molecule has 0 unspecified atom stereocenters. The Labute approximate surface area is 127 Å². The number of hydrogen-bond donors (Lipinski definition) is 2. The Bertz CT molecular complexity index is 540. The van der Waals surface area contributed by atoms with Crippen LogP contribution in [-0.4, -0.2) is 39.5 Å². The van der Waals surface area contributed by atoms with Crippen molar-refractivity contribution < 1.29 is 8.42 Å². The van der Waals surface area contributed by atoms with Gasteiger partial charge in [0.1, 0.15) is 0 Å². The first kappa shape index (κ1) is 16.4. The number of hydrogen-bond acceptors (Lipinski definition) is 4. The molecular weight excluding hydrogens is 286 g/mol. The van der Waals surface area contributed by atoms with Crippen LogP contribution in [0.3, 0.4) is 0 Å². The van der Waals surface area contributed by atoms with Crippen LogP contribution in [-0.2, 0) is 22.3 Å². The first-order valence-electron chi connectivity index (χ1n) is 7.57. The molecule has 1 fully saturated rings. The van der Waals surface area contributed by atoms with Gasteiger partial charge >= 0.3 is 0 Å². The monoisotopic (exact) mass is 311 g/mol. The molecule has 0 bridgehead atoms. The largest absolute Gasteiger partial charge is 0.326 e. The van der Waals surface area contributed by atoms with Crippen molar-refractivity contribution in [3.63, 3.8) is 0 Å². The Balaban J connectivity index is 1.75. The van der Waals surface area contributed by atoms with E-state index in [9.17, 15) is 8.42 Å². The molecule has 0 spiro atoms. The molecular formula is C15H25N3O2S. The topological polar surface area (TPSA) is 75.4 Å². The van der Waals surface area contributed by atoms with Gasteiger partial charge in [-0.15, -0.1) is 0 Å². The average molecular weight is 311 g/mol. The fraction of sp³-hybridized carbons (Fsp3) is 0.600. The molecule has 1 heterocycles. The highest BCUT2D eigenvalue weighted by atomic mass is 32.2. The van der Waals surface area contributed by atoms with Gasteiger partial charge in [0, 0.05) is 13.1 Å². The number of rotatable bonds is 8. The van der Waals surface area contributed by atoms with E-state index in [0.29, 0.717) is 13.1 Å². The van der Waals surface area contributed by atoms with Gasteiger partial charge in [0.25, 0.3) is 0 Å². The quantitative estimate of drug-likeness (QED) is 0.704. The maximum Gasteiger partial charge on any atom is 0.215 e. The van der Waals surface area contributed by atoms with E-state index >= 15 is 0 Å². The first-order chi connectivity index (χ1) is 10.1. The lowest BCUT2D eigenvalue weighted by Crippen LogP contribution is -2.29. The Hall–Kier alpha value is -0.950. The van der Waals surface area contributed by atoms with Crippen molar-refractivity contribution in [3.8, 4) is 0 Å². The molecule has 0 radical (unpaired) electrons. The van der Waals surface area contributed by atoms with Crippen molar-refractivity contribution in [2.75, 3.05) is 26.2 Å². The average Bonchev–Trinajstić information content (AvgIpc) is 2.96. The van der Waals surface area contributed by atoms with Gasteiger partial charge in [-0.2, -0.15) is 0 Å². The SMILES string of the molecule is NCc1cccc(CS(=O)(=O)NCCCN2CCCC2)c1. The zero-order chi connectivity index (χ0) is 15.1. The first-order valence-corrected chi connectivity index (χ1v) is 9.22. The molecule has 0 atom stereocenters. The molecule has 5 nitrogen and oxygen atoms in total. The van der Waals surface area contributed by atoms with Gasteiger partial charge in [-0.1, -0.05) is 24.3 Å². The second-order valence-corrected chi connectivity index (χ2v) is 7.39. The normalized spacial score (nSPS) is 16.4. The van der Waals surface area contributed by atoms with Crippen LogP contribution in [0, 0.1) is 0 Å². The molecule has 118 valence electrons. The lowest BCUT2D eigenvalue weighted by molar-refractivity contribution is 0.334. The highest BCUT2D eigenvalue weighted by Crippen LogP contribution is 2.09. The highest BCUT2D eigenvalue weighted by molar-refractivity contribution is 7.88. The summed E-state index contributed by atoms with van der Waals surface area (Å²) in [4.78, 5) is 2.39. The van der Waals surface area contributed by atoms with E-state index in [-0.39, 0.29) is 5.75 Å². The van der Waals surface area contributed by atoms with Crippen LogP contribution in [0.2, 0.25) is 0 Å². The maximum absolute atomic E-state index is 12.0. The molecule has 2 rings (SSSR count). The van der Waals surface area contributed by atoms with E-state index in [1.807, 2.05) is 24.3 Å². The number of benzene rings is 1. The summed E-state index contributed by atoms with van der Waals surface area (Å²) in [7, 11) is -3.26. The van der Waals surface area contributed by atoms with E-state index in [1.165, 1.54) is 12.8 Å². The third-order valence-electron chi connectivity index (χ3n) is 3.76. The fourth-order valence-electron chi connectivity index (χ4n) is 2.65. The molecule has 0 aliphatic carbocycles. The van der Waals surface area contributed by atoms with Gasteiger partial charge in [0.05, 0.1) is 5.75 Å². The molecule has 6 heteroatoms. The molecule has 21 heavy (non-hydrogen) atoms. The van der Waals surface area contributed by atoms with Gasteiger partial charge in [-0.25, -0.2) is 13.1 Å². The summed E-state index contributed by atoms with van der Waals surface area (Å²) in [5, 5.41) is 0. The van der Waals surface area contributed by atoms with Crippen molar-refractivity contribution in [1.29, 1.82) is 0 Å². The number of sulfonamides is 1. The van der Waals surface area contributed by atoms with E-state index in [1.54, 1.807) is 0 Å². The molecule has 1 saturated heterocycles. The number of nitrogens with one attached hydrogen (secondary N) is 1. The van der Waals surface area contributed by atoms with Crippen LogP contribution in [0.5, 0.6) is 0 Å². The zero-order valence-electron chi connectivity index (χ0n) is 12.4. The van der Waals surface area contributed by atoms with Crippen LogP contribution < -0.4 is 10.5 Å². The second kappa shape index (κ2) is 7.89. The van der Waals surface area contributed by atoms with Crippen molar-refractivity contribution in [2.24, 2.45) is 5.73 Å². The molecule has 1 aromatic rings. The summed E-state index contributed by atoms with van der Waals surface area (Å²) in [6.07, 6.45) is 3.40. The highest BCUT2D eigenvalue weighted by Gasteiger charge is 2.13. The molecule has 1 aliphatic rings. The standard InChI is InChI=1S/C15H25N3O2S/c16-12-14-5-3-6-15(11-14)13-21(19,20)17-7-4-10-18-8-1-2-9-18/h3,5-6,11,17H,1-2,4,7-10,12-13,16H2. The summed E-state index contributed by atoms with van der Waals surface area (Å²) < 4.78 is 26.8. The van der Waals surface area contributed by atoms with Crippen molar-refractivity contribution >= 4 is 10.0 Å². The van der Waals surface area contributed by atoms with E-state index in [4.69, 9.17) is 5.73 Å². The van der Waals surface area contributed by atoms with Gasteiger partial charge in [-0.05, 0) is 50.0 Å². The summed E-state index contributed by atoms with van der Waals surface area (Å²) >= 11 is 0. The van der Waals surface area contributed by atoms with Crippen molar-refractivity contribution in [1.82, 2.24) is 9.62 Å². The van der Waals surface area contributed by atoms with Crippen LogP contribution in [0.15, 0.2) is 24.3 Å². The summed E-state index contributed by atoms with van der Waals surface area (Å²) in [6, 6.07) is 7.42.